The van der Waals surface area contributed by atoms with Crippen LogP contribution in [0.25, 0.3) is 27.9 Å². The number of carbonyl (C=O) groups excluding carboxylic acids is 1. The molecule has 5 aromatic rings. The van der Waals surface area contributed by atoms with Crippen molar-refractivity contribution < 1.29 is 13.9 Å². The molecule has 11 nitrogen and oxygen atoms in total. The Hall–Kier alpha value is -5.39. The number of anilines is 3. The summed E-state index contributed by atoms with van der Waals surface area (Å²) >= 11 is 0. The summed E-state index contributed by atoms with van der Waals surface area (Å²) in [6, 6.07) is 13.1. The molecule has 0 unspecified atom stereocenters. The molecule has 5 rings (SSSR count). The lowest BCUT2D eigenvalue weighted by Gasteiger charge is -2.09. The summed E-state index contributed by atoms with van der Waals surface area (Å²) in [5.74, 6) is -0.314. The van der Waals surface area contributed by atoms with Crippen LogP contribution in [0.15, 0.2) is 73.7 Å². The number of benzene rings is 2. The van der Waals surface area contributed by atoms with E-state index < -0.39 is 5.82 Å². The Kier molecular flexibility index (Phi) is 6.12. The van der Waals surface area contributed by atoms with Gasteiger partial charge in [0, 0.05) is 30.1 Å². The van der Waals surface area contributed by atoms with Crippen LogP contribution in [0.2, 0.25) is 0 Å². The van der Waals surface area contributed by atoms with E-state index in [1.54, 1.807) is 43.4 Å². The van der Waals surface area contributed by atoms with Crippen molar-refractivity contribution >= 4 is 28.7 Å². The Morgan fingerprint density at radius 2 is 1.92 bits per heavy atom. The SMILES string of the molecule is C=CC(=O)Nc1ccc(-c2nn3ncnc(N)c3c2-c2ccc(Oc3nccc(NC)n3)c(F)c2)cc1. The number of nitrogens with two attached hydrogens (primary N) is 1. The number of nitrogen functional groups attached to an aromatic ring is 1. The summed E-state index contributed by atoms with van der Waals surface area (Å²) in [5, 5.41) is 14.3. The number of hydrogen-bond donors (Lipinski definition) is 3. The maximum Gasteiger partial charge on any atom is 0.323 e. The summed E-state index contributed by atoms with van der Waals surface area (Å²) in [6.45, 7) is 3.45. The van der Waals surface area contributed by atoms with Gasteiger partial charge in [-0.3, -0.25) is 4.79 Å². The molecule has 0 aliphatic carbocycles. The minimum absolute atomic E-state index is 0.00329. The van der Waals surface area contributed by atoms with E-state index in [4.69, 9.17) is 10.5 Å². The van der Waals surface area contributed by atoms with Gasteiger partial charge in [-0.2, -0.15) is 4.98 Å². The molecule has 0 spiro atoms. The van der Waals surface area contributed by atoms with Crippen molar-refractivity contribution in [3.05, 3.63) is 79.5 Å². The second kappa shape index (κ2) is 9.70. The van der Waals surface area contributed by atoms with Gasteiger partial charge >= 0.3 is 6.01 Å². The molecule has 0 radical (unpaired) electrons. The van der Waals surface area contributed by atoms with E-state index in [0.29, 0.717) is 39.4 Å². The lowest BCUT2D eigenvalue weighted by Crippen LogP contribution is -2.06. The number of aromatic nitrogens is 6. The first-order chi connectivity index (χ1) is 18.0. The third-order valence-corrected chi connectivity index (χ3v) is 5.39. The fourth-order valence-electron chi connectivity index (χ4n) is 3.67. The van der Waals surface area contributed by atoms with E-state index in [9.17, 15) is 4.79 Å². The van der Waals surface area contributed by atoms with Crippen LogP contribution in [0.5, 0.6) is 11.8 Å². The van der Waals surface area contributed by atoms with E-state index in [0.717, 1.165) is 0 Å². The normalized spacial score (nSPS) is 10.8. The molecular weight excluding hydrogens is 477 g/mol. The molecule has 0 bridgehead atoms. The highest BCUT2D eigenvalue weighted by atomic mass is 19.1. The number of nitrogens with one attached hydrogen (secondary N) is 2. The lowest BCUT2D eigenvalue weighted by atomic mass is 9.99. The molecule has 37 heavy (non-hydrogen) atoms. The summed E-state index contributed by atoms with van der Waals surface area (Å²) < 4.78 is 22.1. The topological polar surface area (TPSA) is 145 Å². The van der Waals surface area contributed by atoms with Gasteiger partial charge in [0.25, 0.3) is 0 Å². The third kappa shape index (κ3) is 4.62. The van der Waals surface area contributed by atoms with Crippen LogP contribution >= 0.6 is 0 Å². The maximum atomic E-state index is 15.2. The number of carbonyl (C=O) groups is 1. The molecule has 0 saturated carbocycles. The monoisotopic (exact) mass is 497 g/mol. The second-order valence-corrected chi connectivity index (χ2v) is 7.70. The predicted molar refractivity (Wildman–Crippen MR) is 137 cm³/mol. The Morgan fingerprint density at radius 3 is 2.65 bits per heavy atom. The average molecular weight is 497 g/mol. The number of amides is 1. The van der Waals surface area contributed by atoms with Gasteiger partial charge < -0.3 is 21.1 Å². The average Bonchev–Trinajstić information content (AvgIpc) is 3.31. The first-order valence-electron chi connectivity index (χ1n) is 11.0. The molecule has 3 heterocycles. The van der Waals surface area contributed by atoms with E-state index >= 15 is 4.39 Å². The van der Waals surface area contributed by atoms with Gasteiger partial charge in [0.15, 0.2) is 17.4 Å². The van der Waals surface area contributed by atoms with Crippen LogP contribution in [0, 0.1) is 5.82 Å². The third-order valence-electron chi connectivity index (χ3n) is 5.39. The van der Waals surface area contributed by atoms with Crippen molar-refractivity contribution in [3.8, 4) is 34.1 Å². The summed E-state index contributed by atoms with van der Waals surface area (Å²) in [5.41, 5.74) is 9.35. The molecule has 0 aliphatic rings. The highest BCUT2D eigenvalue weighted by molar-refractivity contribution is 5.99. The zero-order chi connectivity index (χ0) is 25.9. The molecule has 4 N–H and O–H groups in total. The first-order valence-corrected chi connectivity index (χ1v) is 11.0. The Labute approximate surface area is 209 Å². The van der Waals surface area contributed by atoms with Gasteiger partial charge in [0.1, 0.15) is 23.4 Å². The Balaban J connectivity index is 1.57. The van der Waals surface area contributed by atoms with Crippen LogP contribution < -0.4 is 21.1 Å². The van der Waals surface area contributed by atoms with E-state index in [2.05, 4.69) is 42.4 Å². The lowest BCUT2D eigenvalue weighted by molar-refractivity contribution is -0.111. The van der Waals surface area contributed by atoms with Crippen molar-refractivity contribution in [1.29, 1.82) is 0 Å². The zero-order valence-corrected chi connectivity index (χ0v) is 19.5. The van der Waals surface area contributed by atoms with Crippen LogP contribution in [0.4, 0.5) is 21.7 Å². The molecule has 184 valence electrons. The van der Waals surface area contributed by atoms with E-state index in [-0.39, 0.29) is 23.5 Å². The Morgan fingerprint density at radius 1 is 1.14 bits per heavy atom. The van der Waals surface area contributed by atoms with Crippen molar-refractivity contribution in [1.82, 2.24) is 29.8 Å². The van der Waals surface area contributed by atoms with Crippen molar-refractivity contribution in [2.45, 2.75) is 0 Å². The number of halogens is 1. The van der Waals surface area contributed by atoms with E-state index in [1.807, 2.05) is 0 Å². The first kappa shape index (κ1) is 23.4. The highest BCUT2D eigenvalue weighted by Crippen LogP contribution is 2.38. The molecule has 0 fully saturated rings. The standard InChI is InChI=1S/C25H20FN9O2/c1-3-20(36)32-16-7-4-14(5-8-16)22-21(23-24(27)30-13-31-35(23)34-22)15-6-9-18(17(26)12-15)37-25-29-11-10-19(28-2)33-25/h3-13H,1H2,2H3,(H,32,36)(H2,27,30,31)(H,28,29,33). The van der Waals surface area contributed by atoms with Crippen LogP contribution in [-0.2, 0) is 4.79 Å². The zero-order valence-electron chi connectivity index (χ0n) is 19.5. The second-order valence-electron chi connectivity index (χ2n) is 7.70. The maximum absolute atomic E-state index is 15.2. The van der Waals surface area contributed by atoms with Gasteiger partial charge in [-0.05, 0) is 42.0 Å². The Bertz CT molecular complexity index is 1630. The smallest absolute Gasteiger partial charge is 0.323 e. The van der Waals surface area contributed by atoms with E-state index in [1.165, 1.54) is 35.4 Å². The number of fused-ring (bicyclic) bond motifs is 1. The van der Waals surface area contributed by atoms with Gasteiger partial charge in [-0.25, -0.2) is 14.4 Å². The summed E-state index contributed by atoms with van der Waals surface area (Å²) in [7, 11) is 1.70. The molecule has 0 atom stereocenters. The number of rotatable bonds is 7. The highest BCUT2D eigenvalue weighted by Gasteiger charge is 2.21. The van der Waals surface area contributed by atoms with Gasteiger partial charge in [-0.15, -0.1) is 14.8 Å². The molecule has 0 aliphatic heterocycles. The van der Waals surface area contributed by atoms with Crippen LogP contribution in [-0.4, -0.2) is 42.7 Å². The van der Waals surface area contributed by atoms with Gasteiger partial charge in [0.2, 0.25) is 5.91 Å². The quantitative estimate of drug-likeness (QED) is 0.285. The molecule has 1 amide bonds. The number of nitrogens with zero attached hydrogens (tertiary/aromatic N) is 6. The minimum atomic E-state index is -0.640. The molecule has 2 aromatic carbocycles. The molecule has 3 aromatic heterocycles. The van der Waals surface area contributed by atoms with Crippen molar-refractivity contribution in [2.75, 3.05) is 23.4 Å². The number of hydrogen-bond acceptors (Lipinski definition) is 9. The fraction of sp³-hybridized carbons (Fsp3) is 0.0400. The van der Waals surface area contributed by atoms with Gasteiger partial charge in [0.05, 0.1) is 0 Å². The molecule has 12 heteroatoms. The summed E-state index contributed by atoms with van der Waals surface area (Å²) in [6.07, 6.45) is 3.97. The van der Waals surface area contributed by atoms with Crippen molar-refractivity contribution in [2.24, 2.45) is 0 Å². The predicted octanol–water partition coefficient (Wildman–Crippen LogP) is 3.93. The van der Waals surface area contributed by atoms with Crippen LogP contribution in [0.1, 0.15) is 0 Å². The molecular formula is C25H20FN9O2. The minimum Gasteiger partial charge on any atom is -0.421 e. The largest absolute Gasteiger partial charge is 0.421 e. The number of ether oxygens (including phenoxy) is 1. The van der Waals surface area contributed by atoms with Crippen molar-refractivity contribution in [3.63, 3.8) is 0 Å². The fourth-order valence-corrected chi connectivity index (χ4v) is 3.67. The van der Waals surface area contributed by atoms with Gasteiger partial charge in [-0.1, -0.05) is 24.8 Å². The molecule has 0 saturated heterocycles. The van der Waals surface area contributed by atoms with Crippen LogP contribution in [0.3, 0.4) is 0 Å². The summed E-state index contributed by atoms with van der Waals surface area (Å²) in [4.78, 5) is 23.8.